The van der Waals surface area contributed by atoms with Crippen LogP contribution in [0.1, 0.15) is 49.8 Å². The van der Waals surface area contributed by atoms with Crippen LogP contribution in [-0.2, 0) is 10.2 Å². The van der Waals surface area contributed by atoms with Crippen molar-refractivity contribution < 1.29 is 9.90 Å². The predicted molar refractivity (Wildman–Crippen MR) is 80.8 cm³/mol. The van der Waals surface area contributed by atoms with Crippen LogP contribution < -0.4 is 5.32 Å². The number of amides is 1. The zero-order valence-corrected chi connectivity index (χ0v) is 12.6. The molecule has 1 atom stereocenters. The zero-order chi connectivity index (χ0) is 14.0. The summed E-state index contributed by atoms with van der Waals surface area (Å²) in [6, 6.07) is 4.12. The molecule has 1 aromatic rings. The second-order valence-corrected chi connectivity index (χ2v) is 7.16. The van der Waals surface area contributed by atoms with Crippen molar-refractivity contribution in [3.63, 3.8) is 0 Å². The van der Waals surface area contributed by atoms with E-state index in [0.29, 0.717) is 18.9 Å². The van der Waals surface area contributed by atoms with Gasteiger partial charge in [0.1, 0.15) is 0 Å². The lowest BCUT2D eigenvalue weighted by molar-refractivity contribution is -0.126. The van der Waals surface area contributed by atoms with E-state index in [1.807, 2.05) is 6.07 Å². The molecule has 110 valence electrons. The summed E-state index contributed by atoms with van der Waals surface area (Å²) >= 11 is 1.69. The van der Waals surface area contributed by atoms with Crippen molar-refractivity contribution in [2.24, 2.45) is 5.92 Å². The second kappa shape index (κ2) is 5.86. The number of hydrogen-bond donors (Lipinski definition) is 2. The molecule has 0 radical (unpaired) electrons. The fourth-order valence-electron chi connectivity index (χ4n) is 3.33. The third-order valence-electron chi connectivity index (χ3n) is 4.78. The van der Waals surface area contributed by atoms with Crippen molar-refractivity contribution in [1.29, 1.82) is 0 Å². The van der Waals surface area contributed by atoms with Gasteiger partial charge in [-0.3, -0.25) is 4.79 Å². The van der Waals surface area contributed by atoms with E-state index in [1.54, 1.807) is 11.3 Å². The van der Waals surface area contributed by atoms with Gasteiger partial charge in [-0.05, 0) is 49.5 Å². The van der Waals surface area contributed by atoms with E-state index in [4.69, 9.17) is 0 Å². The first-order chi connectivity index (χ1) is 9.72. The average Bonchev–Trinajstić information content (AvgIpc) is 2.94. The smallest absolute Gasteiger partial charge is 0.231 e. The van der Waals surface area contributed by atoms with Gasteiger partial charge in [-0.15, -0.1) is 11.3 Å². The predicted octanol–water partition coefficient (Wildman–Crippen LogP) is 2.84. The van der Waals surface area contributed by atoms with Crippen molar-refractivity contribution in [2.75, 3.05) is 6.54 Å². The maximum Gasteiger partial charge on any atom is 0.231 e. The molecule has 2 saturated carbocycles. The normalized spacial score (nSPS) is 22.6. The van der Waals surface area contributed by atoms with E-state index < -0.39 is 0 Å². The Kier molecular flexibility index (Phi) is 4.13. The van der Waals surface area contributed by atoms with Crippen LogP contribution in [0.2, 0.25) is 0 Å². The molecule has 1 unspecified atom stereocenters. The molecule has 0 spiro atoms. The number of rotatable bonds is 6. The van der Waals surface area contributed by atoms with Crippen LogP contribution in [0.4, 0.5) is 0 Å². The number of thiophene rings is 1. The van der Waals surface area contributed by atoms with E-state index in [9.17, 15) is 9.90 Å². The van der Waals surface area contributed by atoms with Gasteiger partial charge in [-0.1, -0.05) is 18.9 Å². The van der Waals surface area contributed by atoms with Gasteiger partial charge in [0.05, 0.1) is 11.5 Å². The van der Waals surface area contributed by atoms with Gasteiger partial charge in [0.15, 0.2) is 0 Å². The van der Waals surface area contributed by atoms with E-state index in [1.165, 1.54) is 4.88 Å². The molecule has 1 heterocycles. The lowest BCUT2D eigenvalue weighted by atomic mass is 9.83. The third kappa shape index (κ3) is 2.77. The Morgan fingerprint density at radius 1 is 1.45 bits per heavy atom. The van der Waals surface area contributed by atoms with Gasteiger partial charge < -0.3 is 10.4 Å². The van der Waals surface area contributed by atoms with Crippen molar-refractivity contribution >= 4 is 17.2 Å². The fourth-order valence-corrected chi connectivity index (χ4v) is 4.32. The Morgan fingerprint density at radius 3 is 2.80 bits per heavy atom. The summed E-state index contributed by atoms with van der Waals surface area (Å²) in [5.41, 5.74) is -0.293. The van der Waals surface area contributed by atoms with E-state index in [-0.39, 0.29) is 17.4 Å². The van der Waals surface area contributed by atoms with Crippen LogP contribution in [0.15, 0.2) is 17.5 Å². The van der Waals surface area contributed by atoms with E-state index in [2.05, 4.69) is 16.8 Å². The van der Waals surface area contributed by atoms with Gasteiger partial charge in [0.2, 0.25) is 5.91 Å². The number of carbonyl (C=O) groups is 1. The lowest BCUT2D eigenvalue weighted by Gasteiger charge is -2.26. The van der Waals surface area contributed by atoms with Gasteiger partial charge in [0, 0.05) is 11.4 Å². The number of carbonyl (C=O) groups excluding carboxylic acids is 1. The van der Waals surface area contributed by atoms with Crippen molar-refractivity contribution in [3.05, 3.63) is 22.4 Å². The number of nitrogens with one attached hydrogen (secondary N) is 1. The summed E-state index contributed by atoms with van der Waals surface area (Å²) < 4.78 is 0. The SMILES string of the molecule is O=C(NCCC(O)C1CC1)C1(c2cccs2)CCCC1. The molecule has 2 aliphatic rings. The Balaban J connectivity index is 1.58. The topological polar surface area (TPSA) is 49.3 Å². The molecule has 2 fully saturated rings. The largest absolute Gasteiger partial charge is 0.393 e. The molecule has 0 bridgehead atoms. The molecule has 2 N–H and O–H groups in total. The summed E-state index contributed by atoms with van der Waals surface area (Å²) in [4.78, 5) is 13.9. The molecule has 3 rings (SSSR count). The zero-order valence-electron chi connectivity index (χ0n) is 11.8. The van der Waals surface area contributed by atoms with E-state index >= 15 is 0 Å². The highest BCUT2D eigenvalue weighted by Gasteiger charge is 2.43. The maximum absolute atomic E-state index is 12.6. The molecule has 0 aromatic carbocycles. The van der Waals surface area contributed by atoms with Crippen LogP contribution in [-0.4, -0.2) is 23.7 Å². The first-order valence-electron chi connectivity index (χ1n) is 7.73. The van der Waals surface area contributed by atoms with Gasteiger partial charge >= 0.3 is 0 Å². The van der Waals surface area contributed by atoms with Crippen LogP contribution in [0.3, 0.4) is 0 Å². The van der Waals surface area contributed by atoms with Crippen LogP contribution >= 0.6 is 11.3 Å². The van der Waals surface area contributed by atoms with Crippen molar-refractivity contribution in [3.8, 4) is 0 Å². The van der Waals surface area contributed by atoms with E-state index in [0.717, 1.165) is 38.5 Å². The van der Waals surface area contributed by atoms with Crippen molar-refractivity contribution in [1.82, 2.24) is 5.32 Å². The van der Waals surface area contributed by atoms with Crippen molar-refractivity contribution in [2.45, 2.75) is 56.5 Å². The highest BCUT2D eigenvalue weighted by Crippen LogP contribution is 2.43. The number of aliphatic hydroxyl groups excluding tert-OH is 1. The van der Waals surface area contributed by atoms with Gasteiger partial charge in [-0.25, -0.2) is 0 Å². The summed E-state index contributed by atoms with van der Waals surface area (Å²) in [6.07, 6.45) is 6.96. The molecule has 20 heavy (non-hydrogen) atoms. The maximum atomic E-state index is 12.6. The molecular formula is C16H23NO2S. The molecule has 0 saturated heterocycles. The van der Waals surface area contributed by atoms with Crippen LogP contribution in [0.25, 0.3) is 0 Å². The molecular weight excluding hydrogens is 270 g/mol. The molecule has 1 amide bonds. The quantitative estimate of drug-likeness (QED) is 0.847. The molecule has 2 aliphatic carbocycles. The number of aliphatic hydroxyl groups is 1. The first-order valence-corrected chi connectivity index (χ1v) is 8.61. The van der Waals surface area contributed by atoms with Gasteiger partial charge in [0.25, 0.3) is 0 Å². The Morgan fingerprint density at radius 2 is 2.20 bits per heavy atom. The Hall–Kier alpha value is -0.870. The highest BCUT2D eigenvalue weighted by atomic mass is 32.1. The molecule has 3 nitrogen and oxygen atoms in total. The monoisotopic (exact) mass is 293 g/mol. The van der Waals surface area contributed by atoms with Gasteiger partial charge in [-0.2, -0.15) is 0 Å². The summed E-state index contributed by atoms with van der Waals surface area (Å²) in [5, 5.41) is 15.0. The first kappa shape index (κ1) is 14.1. The lowest BCUT2D eigenvalue weighted by Crippen LogP contribution is -2.43. The molecule has 0 aliphatic heterocycles. The highest BCUT2D eigenvalue weighted by molar-refractivity contribution is 7.10. The Labute approximate surface area is 124 Å². The summed E-state index contributed by atoms with van der Waals surface area (Å²) in [6.45, 7) is 0.601. The molecule has 1 aromatic heterocycles. The second-order valence-electron chi connectivity index (χ2n) is 6.22. The minimum absolute atomic E-state index is 0.167. The fraction of sp³-hybridized carbons (Fsp3) is 0.688. The third-order valence-corrected chi connectivity index (χ3v) is 5.85. The summed E-state index contributed by atoms with van der Waals surface area (Å²) in [7, 11) is 0. The standard InChI is InChI=1S/C16H23NO2S/c18-13(12-5-6-12)7-10-17-15(19)16(8-1-2-9-16)14-4-3-11-20-14/h3-4,11-13,18H,1-2,5-10H2,(H,17,19). The van der Waals surface area contributed by atoms with Crippen LogP contribution in [0, 0.1) is 5.92 Å². The van der Waals surface area contributed by atoms with Crippen LogP contribution in [0.5, 0.6) is 0 Å². The minimum Gasteiger partial charge on any atom is -0.393 e. The summed E-state index contributed by atoms with van der Waals surface area (Å²) in [5.74, 6) is 0.657. The number of hydrogen-bond acceptors (Lipinski definition) is 3. The Bertz CT molecular complexity index is 447. The molecule has 4 heteroatoms. The minimum atomic E-state index is -0.293. The average molecular weight is 293 g/mol.